The molecule has 2 aromatic rings. The lowest BCUT2D eigenvalue weighted by Crippen LogP contribution is -2.38. The van der Waals surface area contributed by atoms with Gasteiger partial charge in [0.1, 0.15) is 0 Å². The minimum absolute atomic E-state index is 0.233. The fraction of sp³-hybridized carbons (Fsp3) is 0.478. The molecule has 1 fully saturated rings. The second-order valence-corrected chi connectivity index (χ2v) is 7.76. The smallest absolute Gasteiger partial charge is 0.475 e. The zero-order chi connectivity index (χ0) is 28.8. The average Bonchev–Trinajstić information content (AvgIpc) is 3.21. The molecule has 212 valence electrons. The van der Waals surface area contributed by atoms with Crippen molar-refractivity contribution in [1.29, 1.82) is 0 Å². The molecule has 15 heteroatoms. The first-order valence-corrected chi connectivity index (χ1v) is 11.0. The quantitative estimate of drug-likeness (QED) is 0.372. The number of carboxylic acids is 2. The van der Waals surface area contributed by atoms with E-state index in [1.807, 2.05) is 36.9 Å². The number of carboxylic acid groups (broad SMARTS) is 2. The maximum Gasteiger partial charge on any atom is 0.490 e. The van der Waals surface area contributed by atoms with Gasteiger partial charge in [0.2, 0.25) is 0 Å². The van der Waals surface area contributed by atoms with E-state index >= 15 is 0 Å². The average molecular weight is 555 g/mol. The molecule has 3 rings (SSSR count). The Morgan fingerprint density at radius 2 is 1.45 bits per heavy atom. The van der Waals surface area contributed by atoms with E-state index in [1.54, 1.807) is 7.11 Å². The standard InChI is InChI=1S/C19H25N3O2.2C2HF3O2/c1-23-10-11-24-19-6-9-22(15-17-5-3-8-21-14-17)18(19)12-16-4-2-7-20-13-16;2*3-2(4,5)1(6)7/h2-5,7-8,13-14,18-19H,6,9-12,15H2,1H3;2*(H,6,7)/t18-,19-;;/m0../s1. The number of halogens is 6. The number of ether oxygens (including phenoxy) is 2. The van der Waals surface area contributed by atoms with E-state index in [2.05, 4.69) is 27.0 Å². The summed E-state index contributed by atoms with van der Waals surface area (Å²) in [4.78, 5) is 28.8. The zero-order valence-electron chi connectivity index (χ0n) is 20.2. The summed E-state index contributed by atoms with van der Waals surface area (Å²) in [5, 5.41) is 14.2. The van der Waals surface area contributed by atoms with Gasteiger partial charge in [0.25, 0.3) is 0 Å². The van der Waals surface area contributed by atoms with E-state index in [0.29, 0.717) is 19.3 Å². The molecular weight excluding hydrogens is 528 g/mol. The number of likely N-dealkylation sites (tertiary alicyclic amines) is 1. The summed E-state index contributed by atoms with van der Waals surface area (Å²) >= 11 is 0. The maximum absolute atomic E-state index is 10.6. The molecule has 0 unspecified atom stereocenters. The van der Waals surface area contributed by atoms with Gasteiger partial charge in [-0.05, 0) is 36.1 Å². The molecule has 0 aromatic carbocycles. The maximum atomic E-state index is 10.6. The lowest BCUT2D eigenvalue weighted by molar-refractivity contribution is -0.193. The van der Waals surface area contributed by atoms with Gasteiger partial charge < -0.3 is 19.7 Å². The molecule has 0 aliphatic carbocycles. The highest BCUT2D eigenvalue weighted by Crippen LogP contribution is 2.26. The Balaban J connectivity index is 0.000000426. The number of pyridine rings is 2. The summed E-state index contributed by atoms with van der Waals surface area (Å²) in [6, 6.07) is 8.61. The van der Waals surface area contributed by atoms with Crippen LogP contribution in [-0.4, -0.2) is 88.4 Å². The van der Waals surface area contributed by atoms with Crippen LogP contribution in [0.4, 0.5) is 26.3 Å². The Morgan fingerprint density at radius 1 is 0.947 bits per heavy atom. The zero-order valence-corrected chi connectivity index (χ0v) is 20.2. The van der Waals surface area contributed by atoms with Gasteiger partial charge in [-0.1, -0.05) is 12.1 Å². The molecule has 0 spiro atoms. The number of methoxy groups -OCH3 is 1. The Morgan fingerprint density at radius 3 is 1.87 bits per heavy atom. The SMILES string of the molecule is COCCO[C@H]1CCN(Cc2cccnc2)[C@H]1Cc1cccnc1.O=C(O)C(F)(F)F.O=C(O)C(F)(F)F. The van der Waals surface area contributed by atoms with Crippen LogP contribution in [0.15, 0.2) is 49.1 Å². The molecule has 1 aliphatic rings. The van der Waals surface area contributed by atoms with Gasteiger partial charge >= 0.3 is 24.3 Å². The third-order valence-electron chi connectivity index (χ3n) is 4.98. The summed E-state index contributed by atoms with van der Waals surface area (Å²) in [5.41, 5.74) is 2.49. The first-order valence-electron chi connectivity index (χ1n) is 11.0. The van der Waals surface area contributed by atoms with Crippen LogP contribution in [0.2, 0.25) is 0 Å². The van der Waals surface area contributed by atoms with Crippen LogP contribution in [0.3, 0.4) is 0 Å². The number of rotatable bonds is 8. The van der Waals surface area contributed by atoms with Crippen molar-refractivity contribution in [3.63, 3.8) is 0 Å². The molecule has 0 radical (unpaired) electrons. The predicted molar refractivity (Wildman–Crippen MR) is 120 cm³/mol. The largest absolute Gasteiger partial charge is 0.490 e. The minimum Gasteiger partial charge on any atom is -0.475 e. The van der Waals surface area contributed by atoms with Crippen molar-refractivity contribution in [2.75, 3.05) is 26.9 Å². The van der Waals surface area contributed by atoms with Crippen molar-refractivity contribution in [1.82, 2.24) is 14.9 Å². The molecule has 3 heterocycles. The molecule has 0 amide bonds. The molecule has 38 heavy (non-hydrogen) atoms. The van der Waals surface area contributed by atoms with Crippen LogP contribution in [0.25, 0.3) is 0 Å². The van der Waals surface area contributed by atoms with E-state index in [9.17, 15) is 26.3 Å². The lowest BCUT2D eigenvalue weighted by atomic mass is 10.0. The van der Waals surface area contributed by atoms with Gasteiger partial charge in [0.15, 0.2) is 0 Å². The molecular formula is C23H27F6N3O6. The summed E-state index contributed by atoms with van der Waals surface area (Å²) in [6.07, 6.45) is -0.402. The van der Waals surface area contributed by atoms with Gasteiger partial charge in [0, 0.05) is 51.0 Å². The number of carbonyl (C=O) groups is 2. The van der Waals surface area contributed by atoms with Crippen LogP contribution in [0.1, 0.15) is 17.5 Å². The van der Waals surface area contributed by atoms with Gasteiger partial charge in [0.05, 0.1) is 19.3 Å². The second-order valence-electron chi connectivity index (χ2n) is 7.76. The summed E-state index contributed by atoms with van der Waals surface area (Å²) in [5.74, 6) is -5.51. The number of nitrogens with zero attached hydrogens (tertiary/aromatic N) is 3. The number of hydrogen-bond acceptors (Lipinski definition) is 7. The molecule has 1 aliphatic heterocycles. The third-order valence-corrected chi connectivity index (χ3v) is 4.98. The van der Waals surface area contributed by atoms with E-state index < -0.39 is 24.3 Å². The normalized spacial score (nSPS) is 17.6. The van der Waals surface area contributed by atoms with E-state index in [4.69, 9.17) is 29.3 Å². The minimum atomic E-state index is -5.08. The van der Waals surface area contributed by atoms with E-state index in [-0.39, 0.29) is 6.10 Å². The van der Waals surface area contributed by atoms with Crippen LogP contribution in [0, 0.1) is 0 Å². The van der Waals surface area contributed by atoms with Crippen molar-refractivity contribution >= 4 is 11.9 Å². The Bertz CT molecular complexity index is 940. The topological polar surface area (TPSA) is 122 Å². The number of hydrogen-bond donors (Lipinski definition) is 2. The van der Waals surface area contributed by atoms with E-state index in [1.165, 1.54) is 11.1 Å². The van der Waals surface area contributed by atoms with Gasteiger partial charge in [-0.2, -0.15) is 26.3 Å². The van der Waals surface area contributed by atoms with Gasteiger partial charge in [-0.3, -0.25) is 14.9 Å². The first-order chi connectivity index (χ1) is 17.8. The van der Waals surface area contributed by atoms with Crippen LogP contribution in [-0.2, 0) is 32.0 Å². The highest BCUT2D eigenvalue weighted by atomic mass is 19.4. The number of alkyl halides is 6. The van der Waals surface area contributed by atoms with E-state index in [0.717, 1.165) is 25.9 Å². The lowest BCUT2D eigenvalue weighted by Gasteiger charge is -2.28. The molecule has 2 N–H and O–H groups in total. The summed E-state index contributed by atoms with van der Waals surface area (Å²) in [6.45, 7) is 3.23. The second kappa shape index (κ2) is 15.8. The fourth-order valence-corrected chi connectivity index (χ4v) is 3.31. The number of aromatic nitrogens is 2. The monoisotopic (exact) mass is 555 g/mol. The van der Waals surface area contributed by atoms with Crippen LogP contribution in [0.5, 0.6) is 0 Å². The molecule has 1 saturated heterocycles. The van der Waals surface area contributed by atoms with Crippen LogP contribution < -0.4 is 0 Å². The van der Waals surface area contributed by atoms with Crippen molar-refractivity contribution in [3.05, 3.63) is 60.2 Å². The summed E-state index contributed by atoms with van der Waals surface area (Å²) in [7, 11) is 1.71. The number of aliphatic carboxylic acids is 2. The molecule has 0 saturated carbocycles. The molecule has 2 aromatic heterocycles. The molecule has 2 atom stereocenters. The first kappa shape index (κ1) is 32.7. The fourth-order valence-electron chi connectivity index (χ4n) is 3.31. The Hall–Kier alpha value is -3.30. The van der Waals surface area contributed by atoms with Crippen molar-refractivity contribution in [2.24, 2.45) is 0 Å². The molecule has 0 bridgehead atoms. The Kier molecular flexibility index (Phi) is 13.6. The van der Waals surface area contributed by atoms with Crippen LogP contribution >= 0.6 is 0 Å². The Labute approximate surface area is 214 Å². The third kappa shape index (κ3) is 12.8. The summed E-state index contributed by atoms with van der Waals surface area (Å²) < 4.78 is 74.7. The highest BCUT2D eigenvalue weighted by Gasteiger charge is 2.39. The molecule has 9 nitrogen and oxygen atoms in total. The van der Waals surface area contributed by atoms with Crippen molar-refractivity contribution < 1.29 is 55.6 Å². The van der Waals surface area contributed by atoms with Crippen molar-refractivity contribution in [2.45, 2.75) is 43.9 Å². The van der Waals surface area contributed by atoms with Crippen molar-refractivity contribution in [3.8, 4) is 0 Å². The van der Waals surface area contributed by atoms with Gasteiger partial charge in [-0.15, -0.1) is 0 Å². The highest BCUT2D eigenvalue weighted by molar-refractivity contribution is 5.73. The van der Waals surface area contributed by atoms with Gasteiger partial charge in [-0.25, -0.2) is 9.59 Å². The predicted octanol–water partition coefficient (Wildman–Crippen LogP) is 3.59.